The number of aromatic nitrogens is 2. The van der Waals surface area contributed by atoms with Crippen molar-refractivity contribution < 1.29 is 9.52 Å². The molecule has 5 heteroatoms. The number of hydrogen-bond donors (Lipinski definition) is 1. The van der Waals surface area contributed by atoms with E-state index in [1.165, 1.54) is 5.56 Å². The smallest absolute Gasteiger partial charge is 0.318 e. The maximum atomic E-state index is 9.56. The van der Waals surface area contributed by atoms with Crippen molar-refractivity contribution in [2.45, 2.75) is 32.1 Å². The highest BCUT2D eigenvalue weighted by molar-refractivity contribution is 5.32. The summed E-state index contributed by atoms with van der Waals surface area (Å²) in [6.07, 6.45) is 2.84. The minimum absolute atomic E-state index is 0.342. The molecule has 5 nitrogen and oxygen atoms in total. The third-order valence-electron chi connectivity index (χ3n) is 3.87. The molecule has 0 atom stereocenters. The summed E-state index contributed by atoms with van der Waals surface area (Å²) in [6.45, 7) is 3.82. The van der Waals surface area contributed by atoms with Crippen molar-refractivity contribution in [2.24, 2.45) is 0 Å². The van der Waals surface area contributed by atoms with Gasteiger partial charge in [-0.1, -0.05) is 24.2 Å². The first kappa shape index (κ1) is 13.0. The van der Waals surface area contributed by atoms with E-state index < -0.39 is 0 Å². The average molecular weight is 273 g/mol. The minimum Gasteiger partial charge on any atom is -0.508 e. The van der Waals surface area contributed by atoms with Crippen molar-refractivity contribution in [3.63, 3.8) is 0 Å². The standard InChI is InChI=1S/C15H19N3O2/c1-2-14-16-17-15(20-14)18-8-6-11(7-9-18)12-4-3-5-13(19)10-12/h3-5,10-11,19H,2,6-9H2,1H3. The van der Waals surface area contributed by atoms with Crippen LogP contribution in [0.5, 0.6) is 5.75 Å². The molecule has 2 heterocycles. The molecule has 1 aromatic carbocycles. The van der Waals surface area contributed by atoms with Crippen molar-refractivity contribution in [3.05, 3.63) is 35.7 Å². The Morgan fingerprint density at radius 2 is 2.10 bits per heavy atom. The lowest BCUT2D eigenvalue weighted by Crippen LogP contribution is -2.33. The monoisotopic (exact) mass is 273 g/mol. The zero-order valence-electron chi connectivity index (χ0n) is 11.6. The van der Waals surface area contributed by atoms with Crippen LogP contribution in [0.1, 0.15) is 37.1 Å². The molecule has 1 fully saturated rings. The van der Waals surface area contributed by atoms with Crippen LogP contribution >= 0.6 is 0 Å². The molecule has 1 saturated heterocycles. The van der Waals surface area contributed by atoms with Gasteiger partial charge in [0.15, 0.2) is 0 Å². The maximum absolute atomic E-state index is 9.56. The fourth-order valence-corrected chi connectivity index (χ4v) is 2.70. The first-order chi connectivity index (χ1) is 9.76. The van der Waals surface area contributed by atoms with Crippen molar-refractivity contribution in [1.82, 2.24) is 10.2 Å². The number of phenols is 1. The van der Waals surface area contributed by atoms with E-state index in [1.54, 1.807) is 6.07 Å². The zero-order valence-corrected chi connectivity index (χ0v) is 11.6. The van der Waals surface area contributed by atoms with E-state index >= 15 is 0 Å². The zero-order chi connectivity index (χ0) is 13.9. The van der Waals surface area contributed by atoms with Crippen LogP contribution in [0.25, 0.3) is 0 Å². The van der Waals surface area contributed by atoms with Crippen LogP contribution in [-0.2, 0) is 6.42 Å². The topological polar surface area (TPSA) is 62.4 Å². The van der Waals surface area contributed by atoms with Gasteiger partial charge in [-0.05, 0) is 36.5 Å². The Bertz CT molecular complexity index is 574. The highest BCUT2D eigenvalue weighted by Gasteiger charge is 2.23. The Kier molecular flexibility index (Phi) is 3.58. The molecule has 20 heavy (non-hydrogen) atoms. The number of aromatic hydroxyl groups is 1. The van der Waals surface area contributed by atoms with Gasteiger partial charge in [-0.15, -0.1) is 5.10 Å². The fourth-order valence-electron chi connectivity index (χ4n) is 2.70. The van der Waals surface area contributed by atoms with Gasteiger partial charge in [0.2, 0.25) is 5.89 Å². The van der Waals surface area contributed by atoms with Gasteiger partial charge < -0.3 is 14.4 Å². The third kappa shape index (κ3) is 2.61. The van der Waals surface area contributed by atoms with Crippen molar-refractivity contribution in [3.8, 4) is 5.75 Å². The van der Waals surface area contributed by atoms with Gasteiger partial charge in [0.25, 0.3) is 0 Å². The van der Waals surface area contributed by atoms with Gasteiger partial charge in [0.1, 0.15) is 5.75 Å². The number of hydrogen-bond acceptors (Lipinski definition) is 5. The molecule has 0 spiro atoms. The molecule has 0 radical (unpaired) electrons. The van der Waals surface area contributed by atoms with E-state index in [1.807, 2.05) is 19.1 Å². The first-order valence-corrected chi connectivity index (χ1v) is 7.12. The van der Waals surface area contributed by atoms with Gasteiger partial charge in [-0.2, -0.15) is 0 Å². The Morgan fingerprint density at radius 1 is 1.30 bits per heavy atom. The lowest BCUT2D eigenvalue weighted by atomic mass is 9.89. The maximum Gasteiger partial charge on any atom is 0.318 e. The summed E-state index contributed by atoms with van der Waals surface area (Å²) in [7, 11) is 0. The van der Waals surface area contributed by atoms with Crippen molar-refractivity contribution in [2.75, 3.05) is 18.0 Å². The lowest BCUT2D eigenvalue weighted by Gasteiger charge is -2.30. The molecule has 0 saturated carbocycles. The second-order valence-corrected chi connectivity index (χ2v) is 5.19. The van der Waals surface area contributed by atoms with E-state index in [0.29, 0.717) is 23.6 Å². The van der Waals surface area contributed by atoms with E-state index in [-0.39, 0.29) is 0 Å². The number of piperidine rings is 1. The summed E-state index contributed by atoms with van der Waals surface area (Å²) in [4.78, 5) is 2.14. The Labute approximate surface area is 118 Å². The number of aryl methyl sites for hydroxylation is 1. The third-order valence-corrected chi connectivity index (χ3v) is 3.87. The van der Waals surface area contributed by atoms with Gasteiger partial charge >= 0.3 is 6.01 Å². The van der Waals surface area contributed by atoms with Crippen LogP contribution in [-0.4, -0.2) is 28.4 Å². The Hall–Kier alpha value is -2.04. The minimum atomic E-state index is 0.342. The summed E-state index contributed by atoms with van der Waals surface area (Å²) < 4.78 is 5.60. The first-order valence-electron chi connectivity index (χ1n) is 7.12. The largest absolute Gasteiger partial charge is 0.508 e. The molecule has 1 N–H and O–H groups in total. The SMILES string of the molecule is CCc1nnc(N2CCC(c3cccc(O)c3)CC2)o1. The average Bonchev–Trinajstić information content (AvgIpc) is 2.96. The molecule has 0 bridgehead atoms. The summed E-state index contributed by atoms with van der Waals surface area (Å²) in [5.41, 5.74) is 1.21. The predicted molar refractivity (Wildman–Crippen MR) is 76.0 cm³/mol. The molecule has 2 aromatic rings. The highest BCUT2D eigenvalue weighted by Crippen LogP contribution is 2.31. The summed E-state index contributed by atoms with van der Waals surface area (Å²) >= 11 is 0. The quantitative estimate of drug-likeness (QED) is 0.931. The van der Waals surface area contributed by atoms with Crippen molar-refractivity contribution in [1.29, 1.82) is 0 Å². The molecular formula is C15H19N3O2. The van der Waals surface area contributed by atoms with Crippen molar-refractivity contribution >= 4 is 6.01 Å². The molecule has 0 amide bonds. The molecule has 1 aliphatic rings. The van der Waals surface area contributed by atoms with E-state index in [4.69, 9.17) is 4.42 Å². The van der Waals surface area contributed by atoms with Crippen LogP contribution in [0.3, 0.4) is 0 Å². The molecule has 0 aliphatic carbocycles. The number of rotatable bonds is 3. The number of phenolic OH excluding ortho intramolecular Hbond substituents is 1. The molecule has 106 valence electrons. The number of anilines is 1. The van der Waals surface area contributed by atoms with Gasteiger partial charge in [0.05, 0.1) is 0 Å². The second-order valence-electron chi connectivity index (χ2n) is 5.19. The highest BCUT2D eigenvalue weighted by atomic mass is 16.4. The number of benzene rings is 1. The Balaban J connectivity index is 1.64. The summed E-state index contributed by atoms with van der Waals surface area (Å²) in [6, 6.07) is 8.20. The molecule has 1 aromatic heterocycles. The molecule has 1 aliphatic heterocycles. The lowest BCUT2D eigenvalue weighted by molar-refractivity contribution is 0.440. The number of nitrogens with zero attached hydrogens (tertiary/aromatic N) is 3. The Morgan fingerprint density at radius 3 is 2.75 bits per heavy atom. The summed E-state index contributed by atoms with van der Waals surface area (Å²) in [5.74, 6) is 1.52. The second kappa shape index (κ2) is 5.53. The van der Waals surface area contributed by atoms with Gasteiger partial charge in [0, 0.05) is 19.5 Å². The molecule has 0 unspecified atom stereocenters. The van der Waals surface area contributed by atoms with Crippen LogP contribution in [0, 0.1) is 0 Å². The van der Waals surface area contributed by atoms with E-state index in [0.717, 1.165) is 32.4 Å². The van der Waals surface area contributed by atoms with Crippen LogP contribution < -0.4 is 4.90 Å². The predicted octanol–water partition coefficient (Wildman–Crippen LogP) is 2.72. The fraction of sp³-hybridized carbons (Fsp3) is 0.467. The van der Waals surface area contributed by atoms with Gasteiger partial charge in [-0.3, -0.25) is 0 Å². The van der Waals surface area contributed by atoms with E-state index in [2.05, 4.69) is 21.2 Å². The van der Waals surface area contributed by atoms with Gasteiger partial charge in [-0.25, -0.2) is 0 Å². The van der Waals surface area contributed by atoms with Crippen LogP contribution in [0.4, 0.5) is 6.01 Å². The molecule has 3 rings (SSSR count). The normalized spacial score (nSPS) is 16.6. The van der Waals surface area contributed by atoms with Crippen LogP contribution in [0.2, 0.25) is 0 Å². The van der Waals surface area contributed by atoms with E-state index in [9.17, 15) is 5.11 Å². The van der Waals surface area contributed by atoms with Crippen LogP contribution in [0.15, 0.2) is 28.7 Å². The molecular weight excluding hydrogens is 254 g/mol. The summed E-state index contributed by atoms with van der Waals surface area (Å²) in [5, 5.41) is 17.7.